The van der Waals surface area contributed by atoms with Crippen molar-refractivity contribution >= 4 is 5.91 Å². The number of likely N-dealkylation sites (tertiary alicyclic amines) is 1. The molecular weight excluding hydrogens is 314 g/mol. The van der Waals surface area contributed by atoms with E-state index in [2.05, 4.69) is 28.8 Å². The lowest BCUT2D eigenvalue weighted by atomic mass is 9.98. The number of alkyl halides is 2. The Morgan fingerprint density at radius 1 is 1.21 bits per heavy atom. The molecule has 0 radical (unpaired) electrons. The molecule has 2 rings (SSSR count). The third kappa shape index (κ3) is 5.74. The van der Waals surface area contributed by atoms with Gasteiger partial charge in [0.05, 0.1) is 6.42 Å². The molecule has 1 fully saturated rings. The molecule has 1 saturated heterocycles. The number of rotatable bonds is 7. The molecule has 0 aliphatic carbocycles. The number of nitrogens with one attached hydrogen (secondary N) is 1. The number of hydrogen-bond donors (Lipinski definition) is 1. The predicted molar refractivity (Wildman–Crippen MR) is 89.3 cm³/mol. The van der Waals surface area contributed by atoms with Crippen LogP contribution in [0, 0.1) is 0 Å². The summed E-state index contributed by atoms with van der Waals surface area (Å²) in [7, 11) is 0. The van der Waals surface area contributed by atoms with Gasteiger partial charge in [-0.15, -0.1) is 0 Å². The maximum absolute atomic E-state index is 12.1. The zero-order valence-corrected chi connectivity index (χ0v) is 14.4. The number of amides is 1. The molecule has 1 aliphatic rings. The maximum Gasteiger partial charge on any atom is 0.387 e. The fourth-order valence-electron chi connectivity index (χ4n) is 2.96. The fraction of sp³-hybridized carbons (Fsp3) is 0.611. The highest BCUT2D eigenvalue weighted by atomic mass is 19.3. The lowest BCUT2D eigenvalue weighted by molar-refractivity contribution is -0.121. The Kier molecular flexibility index (Phi) is 6.54. The minimum absolute atomic E-state index is 0.0644. The summed E-state index contributed by atoms with van der Waals surface area (Å²) in [5, 5.41) is 2.98. The first kappa shape index (κ1) is 18.6. The number of nitrogens with zero attached hydrogens (tertiary/aromatic N) is 1. The van der Waals surface area contributed by atoms with E-state index in [0.29, 0.717) is 6.54 Å². The molecule has 1 aromatic carbocycles. The van der Waals surface area contributed by atoms with E-state index in [-0.39, 0.29) is 23.6 Å². The van der Waals surface area contributed by atoms with E-state index in [9.17, 15) is 13.6 Å². The molecule has 0 spiro atoms. The topological polar surface area (TPSA) is 41.6 Å². The van der Waals surface area contributed by atoms with Crippen LogP contribution in [0.4, 0.5) is 8.78 Å². The molecule has 1 heterocycles. The van der Waals surface area contributed by atoms with Crippen molar-refractivity contribution < 1.29 is 18.3 Å². The molecule has 134 valence electrons. The summed E-state index contributed by atoms with van der Waals surface area (Å²) in [6.07, 6.45) is 3.93. The van der Waals surface area contributed by atoms with Crippen molar-refractivity contribution in [1.82, 2.24) is 10.2 Å². The molecule has 6 heteroatoms. The molecule has 1 aromatic rings. The first-order chi connectivity index (χ1) is 11.4. The van der Waals surface area contributed by atoms with E-state index in [0.717, 1.165) is 18.7 Å². The number of hydrogen-bond acceptors (Lipinski definition) is 3. The van der Waals surface area contributed by atoms with Gasteiger partial charge in [-0.3, -0.25) is 9.69 Å². The Morgan fingerprint density at radius 3 is 2.42 bits per heavy atom. The second-order valence-corrected chi connectivity index (χ2v) is 6.84. The van der Waals surface area contributed by atoms with Gasteiger partial charge in [0, 0.05) is 12.1 Å². The summed E-state index contributed by atoms with van der Waals surface area (Å²) in [5.74, 6) is 0.0306. The third-order valence-corrected chi connectivity index (χ3v) is 4.44. The van der Waals surface area contributed by atoms with E-state index < -0.39 is 6.61 Å². The Morgan fingerprint density at radius 2 is 1.83 bits per heavy atom. The standard InChI is InChI=1S/C18H26F2N2O2/c1-18(2,22-10-4-3-5-11-22)13-21-16(23)12-14-6-8-15(9-7-14)24-17(19)20/h6-9,17H,3-5,10-13H2,1-2H3,(H,21,23). The quantitative estimate of drug-likeness (QED) is 0.829. The summed E-state index contributed by atoms with van der Waals surface area (Å²) < 4.78 is 28.5. The molecule has 1 amide bonds. The van der Waals surface area contributed by atoms with Gasteiger partial charge < -0.3 is 10.1 Å². The SMILES string of the molecule is CC(C)(CNC(=O)Cc1ccc(OC(F)F)cc1)N1CCCCC1. The Labute approximate surface area is 142 Å². The first-order valence-electron chi connectivity index (χ1n) is 8.42. The molecule has 0 aromatic heterocycles. The zero-order chi connectivity index (χ0) is 17.6. The smallest absolute Gasteiger partial charge is 0.387 e. The molecule has 1 aliphatic heterocycles. The third-order valence-electron chi connectivity index (χ3n) is 4.44. The minimum Gasteiger partial charge on any atom is -0.435 e. The normalized spacial score (nSPS) is 16.2. The van der Waals surface area contributed by atoms with Crippen molar-refractivity contribution in [3.63, 3.8) is 0 Å². The fourth-order valence-corrected chi connectivity index (χ4v) is 2.96. The van der Waals surface area contributed by atoms with Crippen molar-refractivity contribution in [2.45, 2.75) is 51.7 Å². The molecular formula is C18H26F2N2O2. The number of benzene rings is 1. The molecule has 24 heavy (non-hydrogen) atoms. The van der Waals surface area contributed by atoms with Crippen LogP contribution in [0.3, 0.4) is 0 Å². The van der Waals surface area contributed by atoms with Crippen LogP contribution in [0.5, 0.6) is 5.75 Å². The number of carbonyl (C=O) groups excluding carboxylic acids is 1. The van der Waals surface area contributed by atoms with Crippen LogP contribution in [0.1, 0.15) is 38.7 Å². The second-order valence-electron chi connectivity index (χ2n) is 6.84. The lowest BCUT2D eigenvalue weighted by Gasteiger charge is -2.41. The number of ether oxygens (including phenoxy) is 1. The van der Waals surface area contributed by atoms with Gasteiger partial charge in [0.2, 0.25) is 5.91 Å². The van der Waals surface area contributed by atoms with Gasteiger partial charge in [0.25, 0.3) is 0 Å². The highest BCUT2D eigenvalue weighted by molar-refractivity contribution is 5.78. The van der Waals surface area contributed by atoms with Crippen molar-refractivity contribution in [1.29, 1.82) is 0 Å². The van der Waals surface area contributed by atoms with E-state index in [1.165, 1.54) is 31.4 Å². The average molecular weight is 340 g/mol. The Bertz CT molecular complexity index is 526. The van der Waals surface area contributed by atoms with Crippen LogP contribution in [0.25, 0.3) is 0 Å². The minimum atomic E-state index is -2.84. The molecule has 1 N–H and O–H groups in total. The number of halogens is 2. The molecule has 4 nitrogen and oxygen atoms in total. The summed E-state index contributed by atoms with van der Waals surface area (Å²) in [6.45, 7) is 4.21. The molecule has 0 atom stereocenters. The van der Waals surface area contributed by atoms with Crippen molar-refractivity contribution in [3.05, 3.63) is 29.8 Å². The van der Waals surface area contributed by atoms with E-state index in [1.807, 2.05) is 0 Å². The van der Waals surface area contributed by atoms with Crippen molar-refractivity contribution in [2.24, 2.45) is 0 Å². The highest BCUT2D eigenvalue weighted by Crippen LogP contribution is 2.20. The van der Waals surface area contributed by atoms with Crippen molar-refractivity contribution in [2.75, 3.05) is 19.6 Å². The molecule has 0 saturated carbocycles. The van der Waals surface area contributed by atoms with Gasteiger partial charge in [-0.25, -0.2) is 0 Å². The number of piperidine rings is 1. The Balaban J connectivity index is 1.80. The van der Waals surface area contributed by atoms with Gasteiger partial charge in [0.1, 0.15) is 5.75 Å². The predicted octanol–water partition coefficient (Wildman–Crippen LogP) is 3.21. The van der Waals surface area contributed by atoms with Crippen LogP contribution in [-0.2, 0) is 11.2 Å². The van der Waals surface area contributed by atoms with Gasteiger partial charge >= 0.3 is 6.61 Å². The van der Waals surface area contributed by atoms with E-state index in [4.69, 9.17) is 0 Å². The van der Waals surface area contributed by atoms with E-state index >= 15 is 0 Å². The highest BCUT2D eigenvalue weighted by Gasteiger charge is 2.28. The summed E-state index contributed by atoms with van der Waals surface area (Å²) in [5.41, 5.74) is 0.704. The molecule has 0 bridgehead atoms. The van der Waals surface area contributed by atoms with Gasteiger partial charge in [-0.1, -0.05) is 18.6 Å². The summed E-state index contributed by atoms with van der Waals surface area (Å²) in [6, 6.07) is 6.17. The second kappa shape index (κ2) is 8.42. The maximum atomic E-state index is 12.1. The van der Waals surface area contributed by atoms with Crippen LogP contribution < -0.4 is 10.1 Å². The largest absolute Gasteiger partial charge is 0.435 e. The van der Waals surface area contributed by atoms with Gasteiger partial charge in [0.15, 0.2) is 0 Å². The summed E-state index contributed by atoms with van der Waals surface area (Å²) >= 11 is 0. The monoisotopic (exact) mass is 340 g/mol. The molecule has 0 unspecified atom stereocenters. The zero-order valence-electron chi connectivity index (χ0n) is 14.4. The lowest BCUT2D eigenvalue weighted by Crippen LogP contribution is -2.53. The van der Waals surface area contributed by atoms with Crippen molar-refractivity contribution in [3.8, 4) is 5.75 Å². The average Bonchev–Trinajstić information content (AvgIpc) is 2.55. The van der Waals surface area contributed by atoms with Crippen LogP contribution in [0.2, 0.25) is 0 Å². The first-order valence-corrected chi connectivity index (χ1v) is 8.42. The van der Waals surface area contributed by atoms with Gasteiger partial charge in [-0.2, -0.15) is 8.78 Å². The Hall–Kier alpha value is -1.69. The van der Waals surface area contributed by atoms with Crippen LogP contribution in [0.15, 0.2) is 24.3 Å². The van der Waals surface area contributed by atoms with Crippen LogP contribution >= 0.6 is 0 Å². The van der Waals surface area contributed by atoms with Crippen LogP contribution in [-0.4, -0.2) is 42.6 Å². The van der Waals surface area contributed by atoms with Gasteiger partial charge in [-0.05, 0) is 57.5 Å². The van der Waals surface area contributed by atoms with E-state index in [1.54, 1.807) is 12.1 Å². The number of carbonyl (C=O) groups is 1. The summed E-state index contributed by atoms with van der Waals surface area (Å²) in [4.78, 5) is 14.5.